The molecule has 0 radical (unpaired) electrons. The lowest BCUT2D eigenvalue weighted by molar-refractivity contribution is -0.167. The van der Waals surface area contributed by atoms with Crippen LogP contribution in [0.25, 0.3) is 0 Å². The Morgan fingerprint density at radius 3 is 0.919 bits per heavy atom. The molecule has 0 saturated heterocycles. The second-order valence-corrected chi connectivity index (χ2v) is 19.9. The smallest absolute Gasteiger partial charge is 0.306 e. The van der Waals surface area contributed by atoms with Crippen molar-refractivity contribution in [3.8, 4) is 0 Å². The molecular weight excluding hydrogens is 769 g/mol. The second kappa shape index (κ2) is 48.9. The average molecular weight is 877 g/mol. The van der Waals surface area contributed by atoms with E-state index >= 15 is 0 Å². The van der Waals surface area contributed by atoms with Crippen molar-refractivity contribution in [1.82, 2.24) is 0 Å². The van der Waals surface area contributed by atoms with E-state index in [0.29, 0.717) is 19.3 Å². The molecule has 62 heavy (non-hydrogen) atoms. The Bertz CT molecular complexity index is 949. The van der Waals surface area contributed by atoms with Crippen molar-refractivity contribution in [3.05, 3.63) is 0 Å². The van der Waals surface area contributed by atoms with E-state index in [2.05, 4.69) is 34.6 Å². The number of hydrogen-bond acceptors (Lipinski definition) is 6. The Balaban J connectivity index is 4.16. The van der Waals surface area contributed by atoms with Crippen molar-refractivity contribution in [1.29, 1.82) is 0 Å². The van der Waals surface area contributed by atoms with E-state index in [1.165, 1.54) is 199 Å². The van der Waals surface area contributed by atoms with Gasteiger partial charge in [-0.25, -0.2) is 0 Å². The van der Waals surface area contributed by atoms with E-state index in [1.54, 1.807) is 0 Å². The summed E-state index contributed by atoms with van der Waals surface area (Å²) in [6.07, 6.45) is 51.0. The van der Waals surface area contributed by atoms with Crippen molar-refractivity contribution >= 4 is 17.9 Å². The third-order valence-corrected chi connectivity index (χ3v) is 13.1. The van der Waals surface area contributed by atoms with Crippen LogP contribution in [0.3, 0.4) is 0 Å². The van der Waals surface area contributed by atoms with E-state index in [0.717, 1.165) is 69.6 Å². The molecule has 0 bridgehead atoms. The van der Waals surface area contributed by atoms with E-state index in [1.807, 2.05) is 0 Å². The molecular formula is C56H108O6. The van der Waals surface area contributed by atoms with Gasteiger partial charge in [-0.05, 0) is 31.1 Å². The van der Waals surface area contributed by atoms with Crippen molar-refractivity contribution in [2.75, 3.05) is 13.2 Å². The minimum Gasteiger partial charge on any atom is -0.462 e. The quantitative estimate of drug-likeness (QED) is 0.0344. The van der Waals surface area contributed by atoms with Crippen molar-refractivity contribution in [2.24, 2.45) is 11.8 Å². The molecule has 368 valence electrons. The number of esters is 3. The second-order valence-electron chi connectivity index (χ2n) is 19.9. The molecule has 0 aromatic carbocycles. The number of ether oxygens (including phenoxy) is 3. The molecule has 6 heteroatoms. The molecule has 0 rings (SSSR count). The number of unbranched alkanes of at least 4 members (excludes halogenated alkanes) is 34. The fourth-order valence-electron chi connectivity index (χ4n) is 8.49. The van der Waals surface area contributed by atoms with Crippen LogP contribution in [0.2, 0.25) is 0 Å². The first-order chi connectivity index (χ1) is 30.3. The summed E-state index contributed by atoms with van der Waals surface area (Å²) in [6.45, 7) is 11.4. The SMILES string of the molecule is CCCCCCCCCC(=O)OC[C@H](COC(=O)CCCCCCCCCCCCCCCCCCC(C)C)OC(=O)CCCCCCCCCCCCCCCCC(C)CC. The van der Waals surface area contributed by atoms with Gasteiger partial charge in [-0.1, -0.05) is 272 Å². The Morgan fingerprint density at radius 2 is 0.613 bits per heavy atom. The molecule has 0 N–H and O–H groups in total. The largest absolute Gasteiger partial charge is 0.462 e. The molecule has 0 aliphatic rings. The van der Waals surface area contributed by atoms with Crippen LogP contribution in [0.4, 0.5) is 0 Å². The monoisotopic (exact) mass is 877 g/mol. The molecule has 6 nitrogen and oxygen atoms in total. The van der Waals surface area contributed by atoms with E-state index in [9.17, 15) is 14.4 Å². The topological polar surface area (TPSA) is 78.9 Å². The number of carbonyl (C=O) groups is 3. The average Bonchev–Trinajstić information content (AvgIpc) is 3.26. The number of hydrogen-bond donors (Lipinski definition) is 0. The van der Waals surface area contributed by atoms with Gasteiger partial charge in [0.1, 0.15) is 13.2 Å². The van der Waals surface area contributed by atoms with Gasteiger partial charge in [0.2, 0.25) is 0 Å². The Morgan fingerprint density at radius 1 is 0.339 bits per heavy atom. The molecule has 2 atom stereocenters. The van der Waals surface area contributed by atoms with Crippen LogP contribution < -0.4 is 0 Å². The van der Waals surface area contributed by atoms with Crippen LogP contribution in [0.1, 0.15) is 311 Å². The molecule has 0 fully saturated rings. The molecule has 0 aromatic heterocycles. The summed E-state index contributed by atoms with van der Waals surface area (Å²) in [7, 11) is 0. The van der Waals surface area contributed by atoms with Crippen molar-refractivity contribution < 1.29 is 28.6 Å². The van der Waals surface area contributed by atoms with E-state index in [4.69, 9.17) is 14.2 Å². The fourth-order valence-corrected chi connectivity index (χ4v) is 8.49. The third-order valence-electron chi connectivity index (χ3n) is 13.1. The number of carbonyl (C=O) groups excluding carboxylic acids is 3. The highest BCUT2D eigenvalue weighted by Gasteiger charge is 2.19. The maximum atomic E-state index is 12.8. The first-order valence-electron chi connectivity index (χ1n) is 27.8. The van der Waals surface area contributed by atoms with Crippen LogP contribution in [-0.2, 0) is 28.6 Å². The zero-order chi connectivity index (χ0) is 45.4. The van der Waals surface area contributed by atoms with Crippen molar-refractivity contribution in [2.45, 2.75) is 317 Å². The molecule has 0 aromatic rings. The Labute approximate surface area is 387 Å². The van der Waals surface area contributed by atoms with Crippen LogP contribution in [0.5, 0.6) is 0 Å². The highest BCUT2D eigenvalue weighted by Crippen LogP contribution is 2.18. The predicted molar refractivity (Wildman–Crippen MR) is 266 cm³/mol. The van der Waals surface area contributed by atoms with Gasteiger partial charge in [0.25, 0.3) is 0 Å². The van der Waals surface area contributed by atoms with Gasteiger partial charge in [0, 0.05) is 19.3 Å². The van der Waals surface area contributed by atoms with Crippen LogP contribution in [0, 0.1) is 11.8 Å². The molecule has 0 spiro atoms. The zero-order valence-electron chi connectivity index (χ0n) is 42.5. The molecule has 0 aliphatic carbocycles. The summed E-state index contributed by atoms with van der Waals surface area (Å²) in [4.78, 5) is 37.9. The lowest BCUT2D eigenvalue weighted by Gasteiger charge is -2.18. The fraction of sp³-hybridized carbons (Fsp3) is 0.946. The maximum Gasteiger partial charge on any atom is 0.306 e. The van der Waals surface area contributed by atoms with Crippen molar-refractivity contribution in [3.63, 3.8) is 0 Å². The molecule has 0 amide bonds. The predicted octanol–water partition coefficient (Wildman–Crippen LogP) is 18.1. The summed E-state index contributed by atoms with van der Waals surface area (Å²) in [6, 6.07) is 0. The standard InChI is InChI=1S/C56H108O6/c1-6-8-9-10-29-36-41-46-54(57)60-49-53(62-56(59)48-43-38-33-28-24-20-16-15-18-22-26-31-35-40-45-52(5)7-2)50-61-55(58)47-42-37-32-27-23-19-14-12-11-13-17-21-25-30-34-39-44-51(3)4/h51-53H,6-50H2,1-5H3/t52?,53-/m1/s1. The molecule has 0 saturated carbocycles. The van der Waals surface area contributed by atoms with Gasteiger partial charge in [0.15, 0.2) is 6.10 Å². The summed E-state index contributed by atoms with van der Waals surface area (Å²) >= 11 is 0. The maximum absolute atomic E-state index is 12.8. The van der Waals surface area contributed by atoms with Crippen LogP contribution >= 0.6 is 0 Å². The van der Waals surface area contributed by atoms with Gasteiger partial charge < -0.3 is 14.2 Å². The third kappa shape index (κ3) is 47.9. The van der Waals surface area contributed by atoms with Crippen LogP contribution in [0.15, 0.2) is 0 Å². The van der Waals surface area contributed by atoms with Gasteiger partial charge in [-0.3, -0.25) is 14.4 Å². The normalized spacial score (nSPS) is 12.5. The Hall–Kier alpha value is -1.59. The summed E-state index contributed by atoms with van der Waals surface area (Å²) in [5.74, 6) is 0.898. The molecule has 1 unspecified atom stereocenters. The van der Waals surface area contributed by atoms with Gasteiger partial charge >= 0.3 is 17.9 Å². The lowest BCUT2D eigenvalue weighted by atomic mass is 9.99. The molecule has 0 heterocycles. The van der Waals surface area contributed by atoms with Gasteiger partial charge in [-0.2, -0.15) is 0 Å². The van der Waals surface area contributed by atoms with Gasteiger partial charge in [-0.15, -0.1) is 0 Å². The van der Waals surface area contributed by atoms with Crippen LogP contribution in [-0.4, -0.2) is 37.2 Å². The molecule has 0 aliphatic heterocycles. The minimum absolute atomic E-state index is 0.0634. The van der Waals surface area contributed by atoms with E-state index in [-0.39, 0.29) is 31.1 Å². The highest BCUT2D eigenvalue weighted by molar-refractivity contribution is 5.71. The van der Waals surface area contributed by atoms with Gasteiger partial charge in [0.05, 0.1) is 0 Å². The summed E-state index contributed by atoms with van der Waals surface area (Å²) < 4.78 is 16.8. The minimum atomic E-state index is -0.761. The lowest BCUT2D eigenvalue weighted by Crippen LogP contribution is -2.30. The van der Waals surface area contributed by atoms with E-state index < -0.39 is 6.10 Å². The first kappa shape index (κ1) is 60.4. The summed E-state index contributed by atoms with van der Waals surface area (Å²) in [5.41, 5.74) is 0. The highest BCUT2D eigenvalue weighted by atomic mass is 16.6. The Kier molecular flexibility index (Phi) is 47.6. The first-order valence-corrected chi connectivity index (χ1v) is 27.8. The number of rotatable bonds is 50. The zero-order valence-corrected chi connectivity index (χ0v) is 42.5. The summed E-state index contributed by atoms with van der Waals surface area (Å²) in [5, 5.41) is 0.